The molecule has 0 aliphatic heterocycles. The number of rotatable bonds is 3. The van der Waals surface area contributed by atoms with E-state index in [0.29, 0.717) is 22.3 Å². The number of fused-ring (bicyclic) bond motifs is 1. The zero-order valence-electron chi connectivity index (χ0n) is 16.2. The summed E-state index contributed by atoms with van der Waals surface area (Å²) < 4.78 is 38.7. The van der Waals surface area contributed by atoms with Gasteiger partial charge in [0, 0.05) is 29.9 Å². The number of hydrogen-bond acceptors (Lipinski definition) is 3. The molecular formula is C22H17F3N4O. The number of carbonyl (C=O) groups is 1. The van der Waals surface area contributed by atoms with Crippen molar-refractivity contribution in [2.75, 3.05) is 11.9 Å². The van der Waals surface area contributed by atoms with Crippen LogP contribution in [0.25, 0.3) is 22.2 Å². The van der Waals surface area contributed by atoms with Gasteiger partial charge in [-0.15, -0.1) is 0 Å². The van der Waals surface area contributed by atoms with Gasteiger partial charge in [-0.3, -0.25) is 9.89 Å². The molecule has 5 nitrogen and oxygen atoms in total. The minimum atomic E-state index is -4.39. The second-order valence-electron chi connectivity index (χ2n) is 6.94. The van der Waals surface area contributed by atoms with E-state index in [4.69, 9.17) is 0 Å². The summed E-state index contributed by atoms with van der Waals surface area (Å²) in [6.45, 7) is 1.88. The van der Waals surface area contributed by atoms with Crippen molar-refractivity contribution < 1.29 is 18.0 Å². The number of alkyl halides is 3. The van der Waals surface area contributed by atoms with Crippen molar-refractivity contribution in [1.82, 2.24) is 15.2 Å². The van der Waals surface area contributed by atoms with Gasteiger partial charge in [0.1, 0.15) is 5.69 Å². The number of aromatic amines is 1. The number of benzene rings is 2. The Labute approximate surface area is 170 Å². The Morgan fingerprint density at radius 1 is 1.03 bits per heavy atom. The first kappa shape index (κ1) is 19.6. The average Bonchev–Trinajstić information content (AvgIpc) is 3.26. The van der Waals surface area contributed by atoms with Gasteiger partial charge in [-0.1, -0.05) is 12.1 Å². The molecule has 0 bridgehead atoms. The minimum absolute atomic E-state index is 0.215. The number of halogens is 3. The molecule has 0 saturated carbocycles. The molecule has 2 heterocycles. The largest absolute Gasteiger partial charge is 0.416 e. The second-order valence-corrected chi connectivity index (χ2v) is 6.94. The zero-order valence-corrected chi connectivity index (χ0v) is 16.2. The molecule has 8 heteroatoms. The van der Waals surface area contributed by atoms with E-state index in [2.05, 4.69) is 15.2 Å². The predicted molar refractivity (Wildman–Crippen MR) is 108 cm³/mol. The molecule has 152 valence electrons. The molecule has 2 aromatic carbocycles. The lowest BCUT2D eigenvalue weighted by atomic mass is 10.0. The van der Waals surface area contributed by atoms with Crippen LogP contribution in [-0.2, 0) is 6.18 Å². The summed E-state index contributed by atoms with van der Waals surface area (Å²) in [7, 11) is 1.68. The highest BCUT2D eigenvalue weighted by atomic mass is 19.4. The van der Waals surface area contributed by atoms with E-state index in [1.165, 1.54) is 17.2 Å². The fraction of sp³-hybridized carbons (Fsp3) is 0.136. The monoisotopic (exact) mass is 410 g/mol. The van der Waals surface area contributed by atoms with Gasteiger partial charge >= 0.3 is 6.18 Å². The normalized spacial score (nSPS) is 11.6. The number of aromatic nitrogens is 3. The number of pyridine rings is 1. The van der Waals surface area contributed by atoms with E-state index < -0.39 is 11.7 Å². The molecule has 0 aliphatic carbocycles. The average molecular weight is 410 g/mol. The van der Waals surface area contributed by atoms with Gasteiger partial charge in [0.25, 0.3) is 5.91 Å². The summed E-state index contributed by atoms with van der Waals surface area (Å²) in [6.07, 6.45) is -2.88. The molecule has 30 heavy (non-hydrogen) atoms. The third kappa shape index (κ3) is 3.63. The lowest BCUT2D eigenvalue weighted by Crippen LogP contribution is -2.27. The Kier molecular flexibility index (Phi) is 4.77. The summed E-state index contributed by atoms with van der Waals surface area (Å²) in [6, 6.07) is 14.0. The van der Waals surface area contributed by atoms with Crippen LogP contribution in [0.5, 0.6) is 0 Å². The van der Waals surface area contributed by atoms with E-state index in [1.54, 1.807) is 25.2 Å². The van der Waals surface area contributed by atoms with Crippen molar-refractivity contribution in [2.24, 2.45) is 0 Å². The molecule has 4 aromatic rings. The highest BCUT2D eigenvalue weighted by Gasteiger charge is 2.30. The van der Waals surface area contributed by atoms with Crippen molar-refractivity contribution in [3.8, 4) is 11.3 Å². The Morgan fingerprint density at radius 2 is 1.83 bits per heavy atom. The second kappa shape index (κ2) is 7.29. The summed E-state index contributed by atoms with van der Waals surface area (Å²) in [5, 5.41) is 6.87. The van der Waals surface area contributed by atoms with E-state index in [1.807, 2.05) is 25.1 Å². The lowest BCUT2D eigenvalue weighted by Gasteiger charge is -2.19. The third-order valence-electron chi connectivity index (χ3n) is 4.91. The molecule has 0 aliphatic rings. The van der Waals surface area contributed by atoms with Crippen LogP contribution in [0, 0.1) is 6.92 Å². The van der Waals surface area contributed by atoms with Crippen LogP contribution in [-0.4, -0.2) is 28.1 Å². The number of amides is 1. The van der Waals surface area contributed by atoms with Gasteiger partial charge in [0.2, 0.25) is 0 Å². The third-order valence-corrected chi connectivity index (χ3v) is 4.91. The van der Waals surface area contributed by atoms with Crippen LogP contribution in [0.15, 0.2) is 60.8 Å². The molecule has 0 saturated heterocycles. The lowest BCUT2D eigenvalue weighted by molar-refractivity contribution is -0.137. The van der Waals surface area contributed by atoms with E-state index in [-0.39, 0.29) is 5.91 Å². The standard InChI is InChI=1S/C22H17F3N4O/c1-13-11-14(4-8-20(13)29(2)21(30)19-9-10-26-28-19)17-6-3-15-12-16(22(23,24)25)5-7-18(15)27-17/h3-12H,1-2H3,(H,26,28). The molecule has 4 rings (SSSR count). The molecule has 1 N–H and O–H groups in total. The molecule has 0 radical (unpaired) electrons. The van der Waals surface area contributed by atoms with Gasteiger partial charge in [0.15, 0.2) is 0 Å². The number of nitrogens with one attached hydrogen (secondary N) is 1. The number of anilines is 1. The minimum Gasteiger partial charge on any atom is -0.310 e. The van der Waals surface area contributed by atoms with Crippen LogP contribution < -0.4 is 4.90 Å². The maximum Gasteiger partial charge on any atom is 0.416 e. The van der Waals surface area contributed by atoms with Gasteiger partial charge in [-0.05, 0) is 55.0 Å². The first-order valence-corrected chi connectivity index (χ1v) is 9.10. The summed E-state index contributed by atoms with van der Waals surface area (Å²) in [5.74, 6) is -0.215. The van der Waals surface area contributed by atoms with Crippen molar-refractivity contribution >= 4 is 22.5 Å². The fourth-order valence-corrected chi connectivity index (χ4v) is 3.32. The predicted octanol–water partition coefficient (Wildman–Crippen LogP) is 5.23. The van der Waals surface area contributed by atoms with Crippen molar-refractivity contribution in [2.45, 2.75) is 13.1 Å². The maximum atomic E-state index is 12.9. The van der Waals surface area contributed by atoms with Crippen LogP contribution in [0.1, 0.15) is 21.6 Å². The van der Waals surface area contributed by atoms with Crippen LogP contribution in [0.4, 0.5) is 18.9 Å². The molecule has 0 unspecified atom stereocenters. The summed E-state index contributed by atoms with van der Waals surface area (Å²) in [5.41, 5.74) is 3.20. The van der Waals surface area contributed by atoms with Crippen molar-refractivity contribution in [1.29, 1.82) is 0 Å². The Hall–Kier alpha value is -3.68. The van der Waals surface area contributed by atoms with E-state index >= 15 is 0 Å². The zero-order chi connectivity index (χ0) is 21.5. The molecule has 0 fully saturated rings. The van der Waals surface area contributed by atoms with E-state index in [9.17, 15) is 18.0 Å². The maximum absolute atomic E-state index is 12.9. The Balaban J connectivity index is 1.65. The van der Waals surface area contributed by atoms with Crippen LogP contribution >= 0.6 is 0 Å². The highest BCUT2D eigenvalue weighted by Crippen LogP contribution is 2.32. The number of H-pyrrole nitrogens is 1. The van der Waals surface area contributed by atoms with Crippen LogP contribution in [0.2, 0.25) is 0 Å². The van der Waals surface area contributed by atoms with Crippen molar-refractivity contribution in [3.63, 3.8) is 0 Å². The van der Waals surface area contributed by atoms with Gasteiger partial charge in [0.05, 0.1) is 16.8 Å². The molecule has 0 spiro atoms. The number of hydrogen-bond donors (Lipinski definition) is 1. The van der Waals surface area contributed by atoms with Crippen molar-refractivity contribution in [3.05, 3.63) is 77.6 Å². The first-order valence-electron chi connectivity index (χ1n) is 9.10. The Bertz CT molecular complexity index is 1230. The number of nitrogens with zero attached hydrogens (tertiary/aromatic N) is 3. The summed E-state index contributed by atoms with van der Waals surface area (Å²) >= 11 is 0. The molecular weight excluding hydrogens is 393 g/mol. The Morgan fingerprint density at radius 3 is 2.50 bits per heavy atom. The van der Waals surface area contributed by atoms with E-state index in [0.717, 1.165) is 28.9 Å². The number of carbonyl (C=O) groups excluding carboxylic acids is 1. The molecule has 2 aromatic heterocycles. The first-order chi connectivity index (χ1) is 14.2. The van der Waals surface area contributed by atoms with Crippen LogP contribution in [0.3, 0.4) is 0 Å². The molecule has 1 amide bonds. The smallest absolute Gasteiger partial charge is 0.310 e. The van der Waals surface area contributed by atoms with Gasteiger partial charge in [-0.2, -0.15) is 18.3 Å². The summed E-state index contributed by atoms with van der Waals surface area (Å²) in [4.78, 5) is 18.5. The number of aryl methyl sites for hydroxylation is 1. The van der Waals surface area contributed by atoms with Gasteiger partial charge < -0.3 is 4.90 Å². The topological polar surface area (TPSA) is 61.9 Å². The quantitative estimate of drug-likeness (QED) is 0.503. The fourth-order valence-electron chi connectivity index (χ4n) is 3.32. The SMILES string of the molecule is Cc1cc(-c2ccc3cc(C(F)(F)F)ccc3n2)ccc1N(C)C(=O)c1ccn[nH]1. The highest BCUT2D eigenvalue weighted by molar-refractivity contribution is 6.04. The molecule has 0 atom stereocenters. The van der Waals surface area contributed by atoms with Gasteiger partial charge in [-0.25, -0.2) is 4.98 Å².